The van der Waals surface area contributed by atoms with Crippen molar-refractivity contribution in [2.45, 2.75) is 26.1 Å². The summed E-state index contributed by atoms with van der Waals surface area (Å²) >= 11 is 0. The Hall–Kier alpha value is -1.04. The van der Waals surface area contributed by atoms with E-state index in [1.165, 1.54) is 14.2 Å². The molecule has 0 bridgehead atoms. The summed E-state index contributed by atoms with van der Waals surface area (Å²) in [6.45, 7) is 2.74. The van der Waals surface area contributed by atoms with Gasteiger partial charge in [0.25, 0.3) is 0 Å². The second-order valence-corrected chi connectivity index (χ2v) is 7.76. The van der Waals surface area contributed by atoms with Crippen LogP contribution in [0.1, 0.15) is 18.9 Å². The number of rotatable bonds is 12. The molecule has 0 radical (unpaired) electrons. The molecule has 0 heterocycles. The van der Waals surface area contributed by atoms with E-state index in [1.807, 2.05) is 30.3 Å². The maximum atomic E-state index is 12.3. The fourth-order valence-electron chi connectivity index (χ4n) is 2.28. The third-order valence-corrected chi connectivity index (χ3v) is 5.74. The molecule has 1 aromatic rings. The molecule has 1 aromatic carbocycles. The number of benzene rings is 1. The first-order valence-corrected chi connectivity index (χ1v) is 9.56. The molecular formula is C17H27O6P. The van der Waals surface area contributed by atoms with E-state index >= 15 is 0 Å². The number of methoxy groups -OCH3 is 1. The molecule has 136 valence electrons. The Bertz CT molecular complexity index is 525. The fraction of sp³-hybridized carbons (Fsp3) is 0.588. The van der Waals surface area contributed by atoms with E-state index in [0.717, 1.165) is 5.56 Å². The highest BCUT2D eigenvalue weighted by Gasteiger charge is 2.31. The van der Waals surface area contributed by atoms with Crippen LogP contribution in [0, 0.1) is 5.92 Å². The van der Waals surface area contributed by atoms with E-state index in [2.05, 4.69) is 0 Å². The Morgan fingerprint density at radius 2 is 1.75 bits per heavy atom. The first-order chi connectivity index (χ1) is 11.5. The van der Waals surface area contributed by atoms with Gasteiger partial charge in [-0.25, -0.2) is 0 Å². The van der Waals surface area contributed by atoms with Crippen LogP contribution in [-0.4, -0.2) is 46.0 Å². The van der Waals surface area contributed by atoms with Crippen molar-refractivity contribution in [1.29, 1.82) is 0 Å². The number of carbonyl (C=O) groups excluding carboxylic acids is 1. The standard InChI is InChI=1S/C17H27O6P/c1-14(16(18)13-24(19,21-3)22-4)17(20-2)10-11-23-12-15-8-6-5-7-9-15/h5-9,14,17H,10-13H2,1-4H3/t14-,17+/m0/s1. The lowest BCUT2D eigenvalue weighted by molar-refractivity contribution is -0.124. The summed E-state index contributed by atoms with van der Waals surface area (Å²) in [5, 5.41) is 0. The lowest BCUT2D eigenvalue weighted by Gasteiger charge is -2.23. The largest absolute Gasteiger partial charge is 0.381 e. The molecule has 0 fully saturated rings. The van der Waals surface area contributed by atoms with Crippen molar-refractivity contribution in [3.8, 4) is 0 Å². The van der Waals surface area contributed by atoms with Crippen LogP contribution < -0.4 is 0 Å². The predicted octanol–water partition coefficient (Wildman–Crippen LogP) is 3.30. The second-order valence-electron chi connectivity index (χ2n) is 5.49. The summed E-state index contributed by atoms with van der Waals surface area (Å²) in [5.41, 5.74) is 1.09. The van der Waals surface area contributed by atoms with E-state index < -0.39 is 13.5 Å². The van der Waals surface area contributed by atoms with E-state index in [0.29, 0.717) is 19.6 Å². The molecule has 24 heavy (non-hydrogen) atoms. The molecule has 2 atom stereocenters. The van der Waals surface area contributed by atoms with Gasteiger partial charge >= 0.3 is 7.60 Å². The molecule has 0 saturated carbocycles. The van der Waals surface area contributed by atoms with Crippen LogP contribution in [-0.2, 0) is 34.5 Å². The van der Waals surface area contributed by atoms with Crippen molar-refractivity contribution < 1.29 is 27.9 Å². The van der Waals surface area contributed by atoms with E-state index in [1.54, 1.807) is 14.0 Å². The summed E-state index contributed by atoms with van der Waals surface area (Å²) in [6.07, 6.45) is 0.00213. The molecular weight excluding hydrogens is 331 g/mol. The Morgan fingerprint density at radius 3 is 2.29 bits per heavy atom. The van der Waals surface area contributed by atoms with Gasteiger partial charge in [-0.2, -0.15) is 0 Å². The molecule has 0 aliphatic heterocycles. The van der Waals surface area contributed by atoms with Gasteiger partial charge in [0.15, 0.2) is 0 Å². The minimum absolute atomic E-state index is 0.211. The predicted molar refractivity (Wildman–Crippen MR) is 92.2 cm³/mol. The van der Waals surface area contributed by atoms with Crippen molar-refractivity contribution in [2.75, 3.05) is 34.1 Å². The summed E-state index contributed by atoms with van der Waals surface area (Å²) in [6, 6.07) is 9.86. The van der Waals surface area contributed by atoms with Crippen LogP contribution in [0.4, 0.5) is 0 Å². The first-order valence-electron chi connectivity index (χ1n) is 7.83. The molecule has 0 amide bonds. The zero-order chi connectivity index (χ0) is 18.0. The topological polar surface area (TPSA) is 71.1 Å². The van der Waals surface area contributed by atoms with Gasteiger partial charge in [-0.1, -0.05) is 37.3 Å². The first kappa shape index (κ1) is 21.0. The Kier molecular flexibility index (Phi) is 9.41. The van der Waals surface area contributed by atoms with Crippen LogP contribution in [0.5, 0.6) is 0 Å². The maximum absolute atomic E-state index is 12.3. The minimum atomic E-state index is -3.35. The third-order valence-electron chi connectivity index (χ3n) is 3.93. The molecule has 0 spiro atoms. The lowest BCUT2D eigenvalue weighted by Crippen LogP contribution is -2.30. The SMILES string of the molecule is CO[C@H](CCOCc1ccccc1)[C@@H](C)C(=O)CP(=O)(OC)OC. The monoisotopic (exact) mass is 358 g/mol. The van der Waals surface area contributed by atoms with Gasteiger partial charge in [0.1, 0.15) is 11.9 Å². The molecule has 1 rings (SSSR count). The van der Waals surface area contributed by atoms with Crippen molar-refractivity contribution in [1.82, 2.24) is 0 Å². The number of carbonyl (C=O) groups is 1. The van der Waals surface area contributed by atoms with Crippen molar-refractivity contribution in [3.05, 3.63) is 35.9 Å². The molecule has 0 N–H and O–H groups in total. The second kappa shape index (κ2) is 10.7. The maximum Gasteiger partial charge on any atom is 0.337 e. The molecule has 6 nitrogen and oxygen atoms in total. The van der Waals surface area contributed by atoms with E-state index in [-0.39, 0.29) is 18.0 Å². The van der Waals surface area contributed by atoms with Gasteiger partial charge < -0.3 is 18.5 Å². The number of hydrogen-bond acceptors (Lipinski definition) is 6. The zero-order valence-corrected chi connectivity index (χ0v) is 15.7. The average Bonchev–Trinajstić information content (AvgIpc) is 2.62. The zero-order valence-electron chi connectivity index (χ0n) is 14.8. The lowest BCUT2D eigenvalue weighted by atomic mass is 9.98. The summed E-state index contributed by atoms with van der Waals surface area (Å²) in [5.74, 6) is -0.633. The van der Waals surface area contributed by atoms with Crippen molar-refractivity contribution in [3.63, 3.8) is 0 Å². The highest BCUT2D eigenvalue weighted by atomic mass is 31.2. The molecule has 0 saturated heterocycles. The number of hydrogen-bond donors (Lipinski definition) is 0. The van der Waals surface area contributed by atoms with Crippen LogP contribution >= 0.6 is 7.60 Å². The highest BCUT2D eigenvalue weighted by Crippen LogP contribution is 2.46. The normalized spacial score (nSPS) is 14.3. The van der Waals surface area contributed by atoms with Crippen LogP contribution in [0.3, 0.4) is 0 Å². The van der Waals surface area contributed by atoms with E-state index in [4.69, 9.17) is 18.5 Å². The molecule has 0 unspecified atom stereocenters. The summed E-state index contributed by atoms with van der Waals surface area (Å²) in [7, 11) is 0.747. The van der Waals surface area contributed by atoms with E-state index in [9.17, 15) is 9.36 Å². The van der Waals surface area contributed by atoms with Gasteiger partial charge in [-0.05, 0) is 12.0 Å². The smallest absolute Gasteiger partial charge is 0.337 e. The Labute approximate surface area is 144 Å². The van der Waals surface area contributed by atoms with Gasteiger partial charge in [-0.15, -0.1) is 0 Å². The van der Waals surface area contributed by atoms with Gasteiger partial charge in [0.05, 0.1) is 12.7 Å². The van der Waals surface area contributed by atoms with Gasteiger partial charge in [0, 0.05) is 33.9 Å². The minimum Gasteiger partial charge on any atom is -0.381 e. The average molecular weight is 358 g/mol. The third kappa shape index (κ3) is 6.83. The van der Waals surface area contributed by atoms with Gasteiger partial charge in [-0.3, -0.25) is 9.36 Å². The number of ketones is 1. The van der Waals surface area contributed by atoms with Crippen LogP contribution in [0.15, 0.2) is 30.3 Å². The highest BCUT2D eigenvalue weighted by molar-refractivity contribution is 7.54. The van der Waals surface area contributed by atoms with Crippen LogP contribution in [0.2, 0.25) is 0 Å². The number of Topliss-reactive ketones (excluding diaryl/α,β-unsaturated/α-hetero) is 1. The Balaban J connectivity index is 2.44. The van der Waals surface area contributed by atoms with Crippen LogP contribution in [0.25, 0.3) is 0 Å². The Morgan fingerprint density at radius 1 is 1.12 bits per heavy atom. The van der Waals surface area contributed by atoms with Crippen molar-refractivity contribution >= 4 is 13.4 Å². The molecule has 0 aliphatic carbocycles. The fourth-order valence-corrected chi connectivity index (χ4v) is 3.36. The summed E-state index contributed by atoms with van der Waals surface area (Å²) in [4.78, 5) is 12.3. The molecule has 0 aromatic heterocycles. The quantitative estimate of drug-likeness (QED) is 0.422. The molecule has 0 aliphatic rings. The van der Waals surface area contributed by atoms with Crippen molar-refractivity contribution in [2.24, 2.45) is 5.92 Å². The van der Waals surface area contributed by atoms with Gasteiger partial charge in [0.2, 0.25) is 0 Å². The number of ether oxygens (including phenoxy) is 2. The molecule has 7 heteroatoms. The summed E-state index contributed by atoms with van der Waals surface area (Å²) < 4.78 is 32.7.